The zero-order chi connectivity index (χ0) is 21.3. The van der Waals surface area contributed by atoms with Gasteiger partial charge in [-0.05, 0) is 77.7 Å². The first kappa shape index (κ1) is 20.7. The highest BCUT2D eigenvalue weighted by Gasteiger charge is 2.35. The van der Waals surface area contributed by atoms with Gasteiger partial charge in [0.15, 0.2) is 6.04 Å². The predicted octanol–water partition coefficient (Wildman–Crippen LogP) is 1.18. The highest BCUT2D eigenvalue weighted by Crippen LogP contribution is 2.22. The van der Waals surface area contributed by atoms with E-state index in [-0.39, 0.29) is 11.6 Å². The maximum atomic E-state index is 13.2. The van der Waals surface area contributed by atoms with Crippen LogP contribution in [0.25, 0.3) is 10.9 Å². The Morgan fingerprint density at radius 2 is 1.97 bits per heavy atom. The topological polar surface area (TPSA) is 90.1 Å². The molecule has 1 fully saturated rings. The maximum Gasteiger partial charge on any atom is 0.258 e. The number of H-pyrrole nitrogens is 1. The van der Waals surface area contributed by atoms with Crippen LogP contribution in [0, 0.1) is 19.8 Å². The van der Waals surface area contributed by atoms with Gasteiger partial charge in [0.1, 0.15) is 0 Å². The number of rotatable bonds is 6. The normalized spacial score (nSPS) is 20.5. The number of nitrogens with zero attached hydrogens (tertiary/aromatic N) is 4. The van der Waals surface area contributed by atoms with E-state index in [4.69, 9.17) is 4.74 Å². The molecule has 3 aromatic rings. The summed E-state index contributed by atoms with van der Waals surface area (Å²) in [7, 11) is 1.66. The molecule has 0 saturated carbocycles. The summed E-state index contributed by atoms with van der Waals surface area (Å²) < 4.78 is 7.01. The van der Waals surface area contributed by atoms with Crippen molar-refractivity contribution in [3.63, 3.8) is 0 Å². The van der Waals surface area contributed by atoms with Crippen molar-refractivity contribution in [2.75, 3.05) is 26.8 Å². The minimum Gasteiger partial charge on any atom is -0.383 e. The lowest BCUT2D eigenvalue weighted by molar-refractivity contribution is -0.932. The SMILES string of the molecule is COCCn1nnnc1[C@H](c1cc2cc(C)c(C)cc2[nH]c1=O)[NH+]1CCC(C)CC1. The molecule has 1 aliphatic rings. The fourth-order valence-corrected chi connectivity index (χ4v) is 4.43. The average molecular weight is 412 g/mol. The van der Waals surface area contributed by atoms with Crippen LogP contribution in [0.1, 0.15) is 48.3 Å². The van der Waals surface area contributed by atoms with Gasteiger partial charge in [0, 0.05) is 12.6 Å². The van der Waals surface area contributed by atoms with E-state index in [1.807, 2.05) is 12.1 Å². The number of likely N-dealkylation sites (tertiary alicyclic amines) is 1. The first-order valence-electron chi connectivity index (χ1n) is 10.7. The van der Waals surface area contributed by atoms with Gasteiger partial charge in [-0.15, -0.1) is 5.10 Å². The molecule has 2 N–H and O–H groups in total. The molecule has 8 heteroatoms. The van der Waals surface area contributed by atoms with Crippen molar-refractivity contribution in [3.8, 4) is 0 Å². The number of quaternary nitrogens is 1. The smallest absolute Gasteiger partial charge is 0.258 e. The number of aryl methyl sites for hydroxylation is 2. The number of hydrogen-bond donors (Lipinski definition) is 2. The lowest BCUT2D eigenvalue weighted by Gasteiger charge is -2.33. The number of piperidine rings is 1. The number of tetrazole rings is 1. The van der Waals surface area contributed by atoms with Crippen molar-refractivity contribution >= 4 is 10.9 Å². The van der Waals surface area contributed by atoms with E-state index in [0.717, 1.165) is 48.2 Å². The van der Waals surface area contributed by atoms with E-state index in [9.17, 15) is 4.79 Å². The van der Waals surface area contributed by atoms with Gasteiger partial charge in [0.05, 0.1) is 31.8 Å². The van der Waals surface area contributed by atoms with E-state index in [1.54, 1.807) is 11.8 Å². The van der Waals surface area contributed by atoms with E-state index in [0.29, 0.717) is 19.1 Å². The van der Waals surface area contributed by atoms with Gasteiger partial charge < -0.3 is 14.6 Å². The number of fused-ring (bicyclic) bond motifs is 1. The Bertz CT molecular complexity index is 1080. The summed E-state index contributed by atoms with van der Waals surface area (Å²) in [6.07, 6.45) is 2.27. The maximum absolute atomic E-state index is 13.2. The molecule has 1 aliphatic heterocycles. The van der Waals surface area contributed by atoms with Crippen molar-refractivity contribution in [2.45, 2.75) is 46.2 Å². The number of methoxy groups -OCH3 is 1. The van der Waals surface area contributed by atoms with Gasteiger partial charge in [-0.1, -0.05) is 6.92 Å². The fourth-order valence-electron chi connectivity index (χ4n) is 4.43. The summed E-state index contributed by atoms with van der Waals surface area (Å²) in [6.45, 7) is 9.52. The number of aromatic nitrogens is 5. The minimum absolute atomic E-state index is 0.0665. The van der Waals surface area contributed by atoms with E-state index >= 15 is 0 Å². The number of benzene rings is 1. The lowest BCUT2D eigenvalue weighted by Crippen LogP contribution is -3.13. The highest BCUT2D eigenvalue weighted by atomic mass is 16.5. The molecule has 0 radical (unpaired) electrons. The van der Waals surface area contributed by atoms with Gasteiger partial charge in [-0.25, -0.2) is 4.68 Å². The summed E-state index contributed by atoms with van der Waals surface area (Å²) in [6, 6.07) is 6.01. The first-order valence-corrected chi connectivity index (χ1v) is 10.7. The first-order chi connectivity index (χ1) is 14.5. The van der Waals surface area contributed by atoms with Crippen LogP contribution >= 0.6 is 0 Å². The third-order valence-corrected chi connectivity index (χ3v) is 6.45. The Morgan fingerprint density at radius 1 is 1.23 bits per heavy atom. The minimum atomic E-state index is -0.209. The van der Waals surface area contributed by atoms with Crippen LogP contribution in [0.4, 0.5) is 0 Å². The number of aromatic amines is 1. The van der Waals surface area contributed by atoms with E-state index < -0.39 is 0 Å². The largest absolute Gasteiger partial charge is 0.383 e. The van der Waals surface area contributed by atoms with Crippen molar-refractivity contribution in [1.82, 2.24) is 25.2 Å². The fraction of sp³-hybridized carbons (Fsp3) is 0.545. The average Bonchev–Trinajstić information content (AvgIpc) is 3.18. The summed E-state index contributed by atoms with van der Waals surface area (Å²) in [5.74, 6) is 1.43. The zero-order valence-electron chi connectivity index (χ0n) is 18.2. The number of ether oxygens (including phenoxy) is 1. The van der Waals surface area contributed by atoms with E-state index in [2.05, 4.69) is 47.3 Å². The van der Waals surface area contributed by atoms with Gasteiger partial charge >= 0.3 is 0 Å². The van der Waals surface area contributed by atoms with Crippen molar-refractivity contribution < 1.29 is 9.64 Å². The highest BCUT2D eigenvalue weighted by molar-refractivity contribution is 5.80. The molecule has 0 unspecified atom stereocenters. The molecule has 4 rings (SSSR count). The van der Waals surface area contributed by atoms with Gasteiger partial charge in [-0.2, -0.15) is 0 Å². The molecule has 8 nitrogen and oxygen atoms in total. The Morgan fingerprint density at radius 3 is 2.70 bits per heavy atom. The second-order valence-corrected chi connectivity index (χ2v) is 8.60. The monoisotopic (exact) mass is 411 g/mol. The Kier molecular flexibility index (Phi) is 5.97. The third-order valence-electron chi connectivity index (χ3n) is 6.45. The number of pyridine rings is 1. The lowest BCUT2D eigenvalue weighted by atomic mass is 9.95. The Labute approximate surface area is 176 Å². The molecule has 0 amide bonds. The van der Waals surface area contributed by atoms with Crippen LogP contribution in [-0.4, -0.2) is 52.0 Å². The van der Waals surface area contributed by atoms with Crippen LogP contribution in [0.15, 0.2) is 23.0 Å². The Balaban J connectivity index is 1.84. The van der Waals surface area contributed by atoms with E-state index in [1.165, 1.54) is 16.0 Å². The van der Waals surface area contributed by atoms with Crippen molar-refractivity contribution in [3.05, 3.63) is 51.1 Å². The summed E-state index contributed by atoms with van der Waals surface area (Å²) >= 11 is 0. The molecule has 0 bridgehead atoms. The molecular weight excluding hydrogens is 380 g/mol. The summed E-state index contributed by atoms with van der Waals surface area (Å²) in [4.78, 5) is 17.7. The van der Waals surface area contributed by atoms with Gasteiger partial charge in [-0.3, -0.25) is 4.79 Å². The Hall–Kier alpha value is -2.58. The van der Waals surface area contributed by atoms with Crippen molar-refractivity contribution in [1.29, 1.82) is 0 Å². The summed E-state index contributed by atoms with van der Waals surface area (Å²) in [5.41, 5.74) is 3.90. The molecule has 160 valence electrons. The molecule has 30 heavy (non-hydrogen) atoms. The number of nitrogens with one attached hydrogen (secondary N) is 2. The molecule has 1 atom stereocenters. The third kappa shape index (κ3) is 4.02. The molecule has 0 aliphatic carbocycles. The zero-order valence-corrected chi connectivity index (χ0v) is 18.2. The molecule has 2 aromatic heterocycles. The van der Waals surface area contributed by atoms with Crippen LogP contribution in [0.3, 0.4) is 0 Å². The quantitative estimate of drug-likeness (QED) is 0.636. The van der Waals surface area contributed by atoms with Gasteiger partial charge in [0.25, 0.3) is 5.56 Å². The van der Waals surface area contributed by atoms with Crippen LogP contribution in [-0.2, 0) is 11.3 Å². The number of hydrogen-bond acceptors (Lipinski definition) is 5. The molecule has 1 aromatic carbocycles. The molecular formula is C22H31N6O2+. The van der Waals surface area contributed by atoms with Crippen molar-refractivity contribution in [2.24, 2.45) is 5.92 Å². The molecule has 0 spiro atoms. The summed E-state index contributed by atoms with van der Waals surface area (Å²) in [5, 5.41) is 13.5. The van der Waals surface area contributed by atoms with Gasteiger partial charge in [0.2, 0.25) is 5.82 Å². The predicted molar refractivity (Wildman–Crippen MR) is 115 cm³/mol. The second kappa shape index (κ2) is 8.65. The molecule has 3 heterocycles. The van der Waals surface area contributed by atoms with Crippen LogP contribution in [0.5, 0.6) is 0 Å². The molecule has 1 saturated heterocycles. The second-order valence-electron chi connectivity index (χ2n) is 8.60. The van der Waals surface area contributed by atoms with Crippen LogP contribution < -0.4 is 10.5 Å². The van der Waals surface area contributed by atoms with Crippen LogP contribution in [0.2, 0.25) is 0 Å². The standard InChI is InChI=1S/C22H30N6O2/c1-14-5-7-27(8-6-14)20(21-24-25-26-28(21)9-10-30-4)18-13-17-11-15(2)16(3)12-19(17)23-22(18)29/h11-14,20H,5-10H2,1-4H3,(H,23,29)/p+1/t20-/m0/s1.